The average Bonchev–Trinajstić information content (AvgIpc) is 3.19. The fraction of sp³-hybridized carbons (Fsp3) is 0.444. The minimum Gasteiger partial charge on any atom is -0.202 e. The number of hydrogen-bond acceptors (Lipinski definition) is 0. The standard InChI is InChI=1S/C21H25N2.2C3H8/c1-16(2)18-9-5-7-11-20(18)22-13-14-23(15-22)21-12-8-6-10-19(21)17(3)4;2*1-3-2/h5-17H,1-4H3;2*3H2,1-2H3/q+1;;. The molecule has 2 aromatic carbocycles. The first-order valence-electron chi connectivity index (χ1n) is 11.2. The van der Waals surface area contributed by atoms with E-state index in [1.54, 1.807) is 0 Å². The zero-order valence-electron chi connectivity index (χ0n) is 19.8. The molecule has 3 aromatic rings. The van der Waals surface area contributed by atoms with Crippen LogP contribution in [0.1, 0.15) is 91.2 Å². The summed E-state index contributed by atoms with van der Waals surface area (Å²) in [7, 11) is 0. The van der Waals surface area contributed by atoms with E-state index in [4.69, 9.17) is 0 Å². The van der Waals surface area contributed by atoms with Gasteiger partial charge in [0.25, 0.3) is 6.33 Å². The SMILES string of the molecule is CC(C)c1ccccc1-n1cc[n+](-c2ccccc2C(C)C)c1.CCC.CCC. The Kier molecular flexibility index (Phi) is 11.1. The van der Waals surface area contributed by atoms with Crippen molar-refractivity contribution in [1.82, 2.24) is 4.57 Å². The predicted octanol–water partition coefficient (Wildman–Crippen LogP) is 7.83. The van der Waals surface area contributed by atoms with Crippen molar-refractivity contribution in [2.75, 3.05) is 0 Å². The number of imidazole rings is 1. The maximum atomic E-state index is 2.24. The predicted molar refractivity (Wildman–Crippen MR) is 127 cm³/mol. The molecular weight excluding hydrogens is 352 g/mol. The zero-order chi connectivity index (χ0) is 21.8. The van der Waals surface area contributed by atoms with Gasteiger partial charge in [0.2, 0.25) is 0 Å². The molecule has 0 aliphatic heterocycles. The molecule has 0 radical (unpaired) electrons. The highest BCUT2D eigenvalue weighted by Crippen LogP contribution is 2.23. The Morgan fingerprint density at radius 3 is 1.76 bits per heavy atom. The van der Waals surface area contributed by atoms with E-state index in [9.17, 15) is 0 Å². The third-order valence-electron chi connectivity index (χ3n) is 4.31. The number of rotatable bonds is 4. The summed E-state index contributed by atoms with van der Waals surface area (Å²) in [5.41, 5.74) is 5.24. The van der Waals surface area contributed by atoms with E-state index in [1.165, 1.54) is 35.3 Å². The van der Waals surface area contributed by atoms with Gasteiger partial charge >= 0.3 is 0 Å². The molecule has 0 fully saturated rings. The molecule has 0 aliphatic rings. The van der Waals surface area contributed by atoms with Crippen molar-refractivity contribution in [2.45, 2.75) is 80.1 Å². The van der Waals surface area contributed by atoms with Gasteiger partial charge in [-0.05, 0) is 24.0 Å². The Balaban J connectivity index is 0.000000626. The molecule has 1 aromatic heterocycles. The Morgan fingerprint density at radius 1 is 0.724 bits per heavy atom. The van der Waals surface area contributed by atoms with E-state index >= 15 is 0 Å². The topological polar surface area (TPSA) is 8.81 Å². The van der Waals surface area contributed by atoms with E-state index in [0.717, 1.165) is 0 Å². The molecule has 0 saturated carbocycles. The maximum Gasteiger partial charge on any atom is 0.254 e. The summed E-state index contributed by atoms with van der Waals surface area (Å²) in [6, 6.07) is 17.2. The van der Waals surface area contributed by atoms with Crippen LogP contribution in [0.5, 0.6) is 0 Å². The van der Waals surface area contributed by atoms with Gasteiger partial charge in [0, 0.05) is 11.1 Å². The van der Waals surface area contributed by atoms with Gasteiger partial charge < -0.3 is 0 Å². The highest BCUT2D eigenvalue weighted by atomic mass is 15.1. The van der Waals surface area contributed by atoms with Crippen LogP contribution in [-0.2, 0) is 0 Å². The summed E-state index contributed by atoms with van der Waals surface area (Å²) in [5.74, 6) is 1.01. The number of para-hydroxylation sites is 2. The fourth-order valence-corrected chi connectivity index (χ4v) is 3.06. The van der Waals surface area contributed by atoms with Crippen LogP contribution < -0.4 is 4.57 Å². The maximum absolute atomic E-state index is 2.24. The minimum absolute atomic E-state index is 0.505. The van der Waals surface area contributed by atoms with E-state index in [0.29, 0.717) is 11.8 Å². The highest BCUT2D eigenvalue weighted by Gasteiger charge is 2.16. The summed E-state index contributed by atoms with van der Waals surface area (Å²) in [5, 5.41) is 0. The van der Waals surface area contributed by atoms with Gasteiger partial charge in [-0.3, -0.25) is 0 Å². The van der Waals surface area contributed by atoms with Gasteiger partial charge in [-0.2, -0.15) is 0 Å². The van der Waals surface area contributed by atoms with Crippen molar-refractivity contribution in [1.29, 1.82) is 0 Å². The van der Waals surface area contributed by atoms with Crippen LogP contribution in [0, 0.1) is 0 Å². The van der Waals surface area contributed by atoms with Gasteiger partial charge in [-0.25, -0.2) is 9.13 Å². The molecule has 158 valence electrons. The van der Waals surface area contributed by atoms with Crippen LogP contribution in [0.4, 0.5) is 0 Å². The van der Waals surface area contributed by atoms with Gasteiger partial charge in [0.15, 0.2) is 0 Å². The summed E-state index contributed by atoms with van der Waals surface area (Å²) in [6.07, 6.45) is 8.94. The van der Waals surface area contributed by atoms with Gasteiger partial charge in [0.05, 0.1) is 0 Å². The Morgan fingerprint density at radius 2 is 1.21 bits per heavy atom. The monoisotopic (exact) mass is 393 g/mol. The van der Waals surface area contributed by atoms with Crippen LogP contribution in [0.25, 0.3) is 11.4 Å². The summed E-state index contributed by atoms with van der Waals surface area (Å²) >= 11 is 0. The first-order valence-corrected chi connectivity index (χ1v) is 11.2. The van der Waals surface area contributed by atoms with Crippen LogP contribution in [-0.4, -0.2) is 4.57 Å². The number of nitrogens with zero attached hydrogens (tertiary/aromatic N) is 2. The molecule has 0 saturated heterocycles. The number of benzene rings is 2. The molecule has 2 heteroatoms. The smallest absolute Gasteiger partial charge is 0.202 e. The van der Waals surface area contributed by atoms with Crippen molar-refractivity contribution in [3.05, 3.63) is 78.4 Å². The normalized spacial score (nSPS) is 10.3. The Bertz CT molecular complexity index is 760. The van der Waals surface area contributed by atoms with Crippen LogP contribution in [0.15, 0.2) is 67.3 Å². The summed E-state index contributed by atoms with van der Waals surface area (Å²) < 4.78 is 4.43. The first-order chi connectivity index (χ1) is 13.9. The quantitative estimate of drug-likeness (QED) is 0.399. The lowest BCUT2D eigenvalue weighted by Crippen LogP contribution is -2.29. The van der Waals surface area contributed by atoms with Gasteiger partial charge in [-0.15, -0.1) is 0 Å². The summed E-state index contributed by atoms with van der Waals surface area (Å²) in [6.45, 7) is 17.5. The van der Waals surface area contributed by atoms with Gasteiger partial charge in [0.1, 0.15) is 23.8 Å². The van der Waals surface area contributed by atoms with E-state index in [-0.39, 0.29) is 0 Å². The third-order valence-corrected chi connectivity index (χ3v) is 4.31. The second-order valence-corrected chi connectivity index (χ2v) is 8.07. The Labute approximate surface area is 179 Å². The van der Waals surface area contributed by atoms with Gasteiger partial charge in [-0.1, -0.05) is 105 Å². The number of hydrogen-bond donors (Lipinski definition) is 0. The largest absolute Gasteiger partial charge is 0.254 e. The highest BCUT2D eigenvalue weighted by molar-refractivity contribution is 5.43. The van der Waals surface area contributed by atoms with Crippen molar-refractivity contribution in [2.24, 2.45) is 0 Å². The lowest BCUT2D eigenvalue weighted by Gasteiger charge is -2.10. The molecule has 0 amide bonds. The van der Waals surface area contributed by atoms with Crippen LogP contribution in [0.3, 0.4) is 0 Å². The minimum atomic E-state index is 0.505. The number of aromatic nitrogens is 2. The van der Waals surface area contributed by atoms with Crippen LogP contribution in [0.2, 0.25) is 0 Å². The lowest BCUT2D eigenvalue weighted by molar-refractivity contribution is -0.595. The van der Waals surface area contributed by atoms with Crippen molar-refractivity contribution >= 4 is 0 Å². The zero-order valence-corrected chi connectivity index (χ0v) is 19.8. The van der Waals surface area contributed by atoms with E-state index in [2.05, 4.69) is 132 Å². The van der Waals surface area contributed by atoms with Crippen molar-refractivity contribution in [3.8, 4) is 11.4 Å². The van der Waals surface area contributed by atoms with E-state index < -0.39 is 0 Å². The second kappa shape index (κ2) is 13.0. The van der Waals surface area contributed by atoms with Crippen LogP contribution >= 0.6 is 0 Å². The third kappa shape index (κ3) is 7.20. The molecule has 0 atom stereocenters. The molecular formula is C27H41N2+. The van der Waals surface area contributed by atoms with Crippen molar-refractivity contribution < 1.29 is 4.57 Å². The molecule has 1 heterocycles. The Hall–Kier alpha value is -2.35. The molecule has 0 aliphatic carbocycles. The molecule has 0 unspecified atom stereocenters. The molecule has 0 spiro atoms. The molecule has 0 N–H and O–H groups in total. The molecule has 3 rings (SSSR count). The average molecular weight is 394 g/mol. The molecule has 0 bridgehead atoms. The molecule has 29 heavy (non-hydrogen) atoms. The fourth-order valence-electron chi connectivity index (χ4n) is 3.06. The lowest BCUT2D eigenvalue weighted by atomic mass is 10.0. The van der Waals surface area contributed by atoms with Crippen molar-refractivity contribution in [3.63, 3.8) is 0 Å². The van der Waals surface area contributed by atoms with E-state index in [1.807, 2.05) is 0 Å². The second-order valence-electron chi connectivity index (χ2n) is 8.07. The summed E-state index contributed by atoms with van der Waals surface area (Å²) in [4.78, 5) is 0. The first kappa shape index (κ1) is 24.7. The molecule has 2 nitrogen and oxygen atoms in total.